The van der Waals surface area contributed by atoms with Gasteiger partial charge in [-0.2, -0.15) is 5.10 Å². The van der Waals surface area contributed by atoms with E-state index in [-0.39, 0.29) is 5.91 Å². The van der Waals surface area contributed by atoms with Crippen molar-refractivity contribution in [3.63, 3.8) is 0 Å². The van der Waals surface area contributed by atoms with Crippen molar-refractivity contribution < 1.29 is 9.53 Å². The number of carbonyl (C=O) groups excluding carboxylic acids is 1. The molecule has 106 valence electrons. The molecular weight excluding hydrogens is 252 g/mol. The van der Waals surface area contributed by atoms with Crippen molar-refractivity contribution in [2.24, 2.45) is 0 Å². The van der Waals surface area contributed by atoms with Crippen LogP contribution >= 0.6 is 0 Å². The van der Waals surface area contributed by atoms with Gasteiger partial charge in [-0.25, -0.2) is 4.68 Å². The highest BCUT2D eigenvalue weighted by molar-refractivity contribution is 5.83. The lowest BCUT2D eigenvalue weighted by molar-refractivity contribution is 0.0707. The van der Waals surface area contributed by atoms with Crippen molar-refractivity contribution in [1.29, 1.82) is 0 Å². The SMILES string of the molecule is Cc1cc(C)n(C(=O)[C@H](C)Oc2ccc(C)c(C)c2)n1. The maximum Gasteiger partial charge on any atom is 0.287 e. The molecule has 1 aromatic carbocycles. The predicted octanol–water partition coefficient (Wildman–Crippen LogP) is 3.22. The molecule has 20 heavy (non-hydrogen) atoms. The second-order valence-electron chi connectivity index (χ2n) is 5.18. The van der Waals surface area contributed by atoms with Crippen LogP contribution in [0.1, 0.15) is 34.2 Å². The molecule has 0 spiro atoms. The van der Waals surface area contributed by atoms with Crippen molar-refractivity contribution in [3.8, 4) is 5.75 Å². The Morgan fingerprint density at radius 1 is 1.15 bits per heavy atom. The highest BCUT2D eigenvalue weighted by Crippen LogP contribution is 2.18. The van der Waals surface area contributed by atoms with Crippen LogP contribution in [-0.2, 0) is 0 Å². The molecular formula is C16H20N2O2. The van der Waals surface area contributed by atoms with Crippen LogP contribution in [0.3, 0.4) is 0 Å². The first kappa shape index (κ1) is 14.3. The Hall–Kier alpha value is -2.10. The number of hydrogen-bond acceptors (Lipinski definition) is 3. The van der Waals surface area contributed by atoms with Gasteiger partial charge in [-0.3, -0.25) is 4.79 Å². The number of benzene rings is 1. The molecule has 0 radical (unpaired) electrons. The molecule has 4 heteroatoms. The molecule has 0 bridgehead atoms. The molecule has 0 N–H and O–H groups in total. The third-order valence-electron chi connectivity index (χ3n) is 3.36. The topological polar surface area (TPSA) is 44.1 Å². The summed E-state index contributed by atoms with van der Waals surface area (Å²) in [5.41, 5.74) is 4.00. The molecule has 0 fully saturated rings. The quantitative estimate of drug-likeness (QED) is 0.861. The Labute approximate surface area is 119 Å². The average Bonchev–Trinajstić information content (AvgIpc) is 2.72. The van der Waals surface area contributed by atoms with E-state index in [0.717, 1.165) is 17.0 Å². The summed E-state index contributed by atoms with van der Waals surface area (Å²) in [6.07, 6.45) is -0.574. The fraction of sp³-hybridized carbons (Fsp3) is 0.375. The van der Waals surface area contributed by atoms with E-state index >= 15 is 0 Å². The van der Waals surface area contributed by atoms with E-state index in [9.17, 15) is 4.79 Å². The van der Waals surface area contributed by atoms with Gasteiger partial charge in [0.25, 0.3) is 5.91 Å². The highest BCUT2D eigenvalue weighted by atomic mass is 16.5. The number of ether oxygens (including phenoxy) is 1. The number of nitrogens with zero attached hydrogens (tertiary/aromatic N) is 2. The van der Waals surface area contributed by atoms with Crippen molar-refractivity contribution in [2.75, 3.05) is 0 Å². The third kappa shape index (κ3) is 2.90. The fourth-order valence-electron chi connectivity index (χ4n) is 2.07. The average molecular weight is 272 g/mol. The Bertz CT molecular complexity index is 644. The number of aromatic nitrogens is 2. The fourth-order valence-corrected chi connectivity index (χ4v) is 2.07. The van der Waals surface area contributed by atoms with Gasteiger partial charge in [0.05, 0.1) is 5.69 Å². The lowest BCUT2D eigenvalue weighted by atomic mass is 10.1. The van der Waals surface area contributed by atoms with Gasteiger partial charge < -0.3 is 4.74 Å². The van der Waals surface area contributed by atoms with Crippen molar-refractivity contribution in [2.45, 2.75) is 40.7 Å². The zero-order valence-electron chi connectivity index (χ0n) is 12.6. The van der Waals surface area contributed by atoms with Gasteiger partial charge in [0, 0.05) is 5.69 Å². The summed E-state index contributed by atoms with van der Waals surface area (Å²) < 4.78 is 7.12. The summed E-state index contributed by atoms with van der Waals surface area (Å²) in [5, 5.41) is 4.19. The minimum absolute atomic E-state index is 0.158. The first-order valence-electron chi connectivity index (χ1n) is 6.70. The summed E-state index contributed by atoms with van der Waals surface area (Å²) in [6, 6.07) is 7.69. The van der Waals surface area contributed by atoms with Crippen LogP contribution in [0.4, 0.5) is 0 Å². The zero-order valence-corrected chi connectivity index (χ0v) is 12.6. The summed E-state index contributed by atoms with van der Waals surface area (Å²) in [7, 11) is 0. The molecule has 0 aliphatic carbocycles. The molecule has 1 aromatic heterocycles. The summed E-state index contributed by atoms with van der Waals surface area (Å²) in [6.45, 7) is 9.54. The highest BCUT2D eigenvalue weighted by Gasteiger charge is 2.19. The smallest absolute Gasteiger partial charge is 0.287 e. The van der Waals surface area contributed by atoms with Crippen LogP contribution in [-0.4, -0.2) is 21.8 Å². The van der Waals surface area contributed by atoms with Gasteiger partial charge in [-0.05, 0) is 63.9 Å². The number of carbonyl (C=O) groups is 1. The van der Waals surface area contributed by atoms with Crippen molar-refractivity contribution >= 4 is 5.91 Å². The van der Waals surface area contributed by atoms with E-state index in [4.69, 9.17) is 4.74 Å². The minimum atomic E-state index is -0.574. The van der Waals surface area contributed by atoms with Crippen LogP contribution in [0.2, 0.25) is 0 Å². The van der Waals surface area contributed by atoms with Gasteiger partial charge in [0.1, 0.15) is 5.75 Å². The maximum atomic E-state index is 12.3. The van der Waals surface area contributed by atoms with Gasteiger partial charge in [-0.1, -0.05) is 6.07 Å². The van der Waals surface area contributed by atoms with Gasteiger partial charge in [0.2, 0.25) is 0 Å². The molecule has 0 saturated heterocycles. The largest absolute Gasteiger partial charge is 0.481 e. The lowest BCUT2D eigenvalue weighted by Gasteiger charge is -2.15. The maximum absolute atomic E-state index is 12.3. The Morgan fingerprint density at radius 3 is 2.40 bits per heavy atom. The molecule has 0 amide bonds. The van der Waals surface area contributed by atoms with Crippen molar-refractivity contribution in [1.82, 2.24) is 9.78 Å². The molecule has 0 unspecified atom stereocenters. The summed E-state index contributed by atoms with van der Waals surface area (Å²) >= 11 is 0. The van der Waals surface area contributed by atoms with Crippen LogP contribution in [0.25, 0.3) is 0 Å². The van der Waals surface area contributed by atoms with E-state index in [0.29, 0.717) is 5.75 Å². The molecule has 0 aliphatic rings. The Balaban J connectivity index is 2.15. The van der Waals surface area contributed by atoms with Crippen LogP contribution < -0.4 is 4.74 Å². The van der Waals surface area contributed by atoms with E-state index in [1.54, 1.807) is 6.92 Å². The van der Waals surface area contributed by atoms with Crippen LogP contribution in [0.5, 0.6) is 5.75 Å². The van der Waals surface area contributed by atoms with E-state index in [1.807, 2.05) is 52.0 Å². The first-order valence-corrected chi connectivity index (χ1v) is 6.70. The lowest BCUT2D eigenvalue weighted by Crippen LogP contribution is -2.30. The molecule has 2 rings (SSSR count). The summed E-state index contributed by atoms with van der Waals surface area (Å²) in [4.78, 5) is 12.3. The van der Waals surface area contributed by atoms with Crippen LogP contribution in [0.15, 0.2) is 24.3 Å². The van der Waals surface area contributed by atoms with E-state index < -0.39 is 6.10 Å². The second-order valence-corrected chi connectivity index (χ2v) is 5.18. The number of hydrogen-bond donors (Lipinski definition) is 0. The number of rotatable bonds is 3. The normalized spacial score (nSPS) is 12.2. The minimum Gasteiger partial charge on any atom is -0.481 e. The Morgan fingerprint density at radius 2 is 1.85 bits per heavy atom. The molecule has 0 aliphatic heterocycles. The summed E-state index contributed by atoms with van der Waals surface area (Å²) in [5.74, 6) is 0.546. The monoisotopic (exact) mass is 272 g/mol. The molecule has 2 aromatic rings. The molecule has 1 heterocycles. The van der Waals surface area contributed by atoms with Gasteiger partial charge in [-0.15, -0.1) is 0 Å². The van der Waals surface area contributed by atoms with Gasteiger partial charge in [0.15, 0.2) is 6.10 Å². The molecule has 1 atom stereocenters. The van der Waals surface area contributed by atoms with Gasteiger partial charge >= 0.3 is 0 Å². The third-order valence-corrected chi connectivity index (χ3v) is 3.36. The predicted molar refractivity (Wildman–Crippen MR) is 78.3 cm³/mol. The molecule has 0 saturated carbocycles. The number of aryl methyl sites for hydroxylation is 4. The van der Waals surface area contributed by atoms with E-state index in [2.05, 4.69) is 5.10 Å². The standard InChI is InChI=1S/C16H20N2O2/c1-10-6-7-15(8-11(10)2)20-14(5)16(19)18-13(4)9-12(3)17-18/h6-9,14H,1-5H3/t14-/m0/s1. The molecule has 4 nitrogen and oxygen atoms in total. The van der Waals surface area contributed by atoms with Crippen molar-refractivity contribution in [3.05, 3.63) is 46.8 Å². The second kappa shape index (κ2) is 5.49. The van der Waals surface area contributed by atoms with E-state index in [1.165, 1.54) is 10.2 Å². The van der Waals surface area contributed by atoms with Crippen LogP contribution in [0, 0.1) is 27.7 Å². The first-order chi connectivity index (χ1) is 9.38. The zero-order chi connectivity index (χ0) is 14.9. The Kier molecular flexibility index (Phi) is 3.93.